The summed E-state index contributed by atoms with van der Waals surface area (Å²) in [5.74, 6) is 1.75. The molecule has 2 aliphatic rings. The Morgan fingerprint density at radius 3 is 2.67 bits per heavy atom. The number of rotatable bonds is 1. The molecule has 0 unspecified atom stereocenters. The molecule has 1 aliphatic heterocycles. The Labute approximate surface area is 91.5 Å². The van der Waals surface area contributed by atoms with E-state index < -0.39 is 0 Å². The lowest BCUT2D eigenvalue weighted by atomic mass is 9.88. The second-order valence-electron chi connectivity index (χ2n) is 5.29. The van der Waals surface area contributed by atoms with E-state index in [2.05, 4.69) is 32.0 Å². The summed E-state index contributed by atoms with van der Waals surface area (Å²) in [6.45, 7) is 5.38. The third-order valence-electron chi connectivity index (χ3n) is 3.94. The zero-order valence-corrected chi connectivity index (χ0v) is 9.55. The molecule has 1 heteroatoms. The Morgan fingerprint density at radius 2 is 2.00 bits per heavy atom. The van der Waals surface area contributed by atoms with E-state index in [1.54, 1.807) is 0 Å². The highest BCUT2D eigenvalue weighted by atomic mass is 16.5. The van der Waals surface area contributed by atoms with Crippen LogP contribution in [0.3, 0.4) is 0 Å². The quantitative estimate of drug-likeness (QED) is 0.675. The van der Waals surface area contributed by atoms with Crippen molar-refractivity contribution < 1.29 is 4.74 Å². The SMILES string of the molecule is CC(C)c1ccc2c(c1)OCCC21CC1. The van der Waals surface area contributed by atoms with Crippen molar-refractivity contribution >= 4 is 0 Å². The minimum atomic E-state index is 0.517. The summed E-state index contributed by atoms with van der Waals surface area (Å²) in [6, 6.07) is 6.83. The molecule has 1 aromatic carbocycles. The van der Waals surface area contributed by atoms with Crippen molar-refractivity contribution in [1.82, 2.24) is 0 Å². The molecule has 80 valence electrons. The summed E-state index contributed by atoms with van der Waals surface area (Å²) >= 11 is 0. The fraction of sp³-hybridized carbons (Fsp3) is 0.571. The van der Waals surface area contributed by atoms with Gasteiger partial charge in [0.1, 0.15) is 5.75 Å². The van der Waals surface area contributed by atoms with Crippen molar-refractivity contribution in [3.63, 3.8) is 0 Å². The molecule has 1 aromatic rings. The highest BCUT2D eigenvalue weighted by molar-refractivity contribution is 5.47. The lowest BCUT2D eigenvalue weighted by Crippen LogP contribution is -2.19. The average molecular weight is 202 g/mol. The number of hydrogen-bond donors (Lipinski definition) is 0. The Balaban J connectivity index is 2.05. The fourth-order valence-electron chi connectivity index (χ4n) is 2.62. The van der Waals surface area contributed by atoms with Crippen LogP contribution in [-0.2, 0) is 5.41 Å². The lowest BCUT2D eigenvalue weighted by molar-refractivity contribution is 0.260. The molecule has 0 atom stereocenters. The van der Waals surface area contributed by atoms with Gasteiger partial charge in [-0.3, -0.25) is 0 Å². The van der Waals surface area contributed by atoms with Crippen molar-refractivity contribution in [2.45, 2.75) is 44.4 Å². The van der Waals surface area contributed by atoms with Gasteiger partial charge in [-0.25, -0.2) is 0 Å². The van der Waals surface area contributed by atoms with Crippen LogP contribution in [0.15, 0.2) is 18.2 Å². The maximum Gasteiger partial charge on any atom is 0.123 e. The van der Waals surface area contributed by atoms with Crippen LogP contribution in [0.4, 0.5) is 0 Å². The molecule has 0 N–H and O–H groups in total. The summed E-state index contributed by atoms with van der Waals surface area (Å²) in [6.07, 6.45) is 3.95. The molecule has 1 fully saturated rings. The molecular weight excluding hydrogens is 184 g/mol. The average Bonchev–Trinajstić information content (AvgIpc) is 2.98. The monoisotopic (exact) mass is 202 g/mol. The van der Waals surface area contributed by atoms with Gasteiger partial charge in [-0.2, -0.15) is 0 Å². The van der Waals surface area contributed by atoms with Gasteiger partial charge >= 0.3 is 0 Å². The van der Waals surface area contributed by atoms with Crippen molar-refractivity contribution in [1.29, 1.82) is 0 Å². The third kappa shape index (κ3) is 1.37. The van der Waals surface area contributed by atoms with Gasteiger partial charge in [0.05, 0.1) is 6.61 Å². The first-order valence-corrected chi connectivity index (χ1v) is 5.98. The minimum absolute atomic E-state index is 0.517. The standard InChI is InChI=1S/C14H18O/c1-10(2)11-3-4-12-13(9-11)15-8-7-14(12)5-6-14/h3-4,9-10H,5-8H2,1-2H3. The molecule has 3 rings (SSSR count). The minimum Gasteiger partial charge on any atom is -0.493 e. The lowest BCUT2D eigenvalue weighted by Gasteiger charge is -2.26. The number of benzene rings is 1. The summed E-state index contributed by atoms with van der Waals surface area (Å²) in [7, 11) is 0. The highest BCUT2D eigenvalue weighted by Gasteiger charge is 2.47. The van der Waals surface area contributed by atoms with E-state index in [-0.39, 0.29) is 0 Å². The molecule has 0 amide bonds. The molecule has 1 heterocycles. The third-order valence-corrected chi connectivity index (χ3v) is 3.94. The van der Waals surface area contributed by atoms with E-state index in [0.717, 1.165) is 12.4 Å². The summed E-state index contributed by atoms with van der Waals surface area (Å²) in [4.78, 5) is 0. The molecule has 1 nitrogen and oxygen atoms in total. The second-order valence-corrected chi connectivity index (χ2v) is 5.29. The van der Waals surface area contributed by atoms with Crippen LogP contribution in [0.5, 0.6) is 5.75 Å². The zero-order valence-electron chi connectivity index (χ0n) is 9.55. The maximum atomic E-state index is 5.79. The number of hydrogen-bond acceptors (Lipinski definition) is 1. The summed E-state index contributed by atoms with van der Waals surface area (Å²) < 4.78 is 5.79. The first kappa shape index (κ1) is 9.26. The Kier molecular flexibility index (Phi) is 1.86. The Bertz CT molecular complexity index is 388. The van der Waals surface area contributed by atoms with Gasteiger partial charge < -0.3 is 4.74 Å². The van der Waals surface area contributed by atoms with Crippen molar-refractivity contribution in [2.75, 3.05) is 6.61 Å². The van der Waals surface area contributed by atoms with Gasteiger partial charge in [0.2, 0.25) is 0 Å². The second kappa shape index (κ2) is 3.01. The van der Waals surface area contributed by atoms with Gasteiger partial charge in [0, 0.05) is 11.0 Å². The van der Waals surface area contributed by atoms with Crippen LogP contribution in [0.1, 0.15) is 50.2 Å². The first-order valence-electron chi connectivity index (χ1n) is 5.98. The molecule has 1 spiro atoms. The van der Waals surface area contributed by atoms with E-state index in [9.17, 15) is 0 Å². The van der Waals surface area contributed by atoms with Gasteiger partial charge in [-0.1, -0.05) is 26.0 Å². The van der Waals surface area contributed by atoms with Gasteiger partial charge in [0.25, 0.3) is 0 Å². The van der Waals surface area contributed by atoms with E-state index in [4.69, 9.17) is 4.74 Å². The summed E-state index contributed by atoms with van der Waals surface area (Å²) in [5.41, 5.74) is 3.38. The zero-order chi connectivity index (χ0) is 10.5. The smallest absolute Gasteiger partial charge is 0.123 e. The van der Waals surface area contributed by atoms with Crippen LogP contribution in [-0.4, -0.2) is 6.61 Å². The first-order chi connectivity index (χ1) is 7.21. The van der Waals surface area contributed by atoms with Crippen LogP contribution in [0, 0.1) is 0 Å². The van der Waals surface area contributed by atoms with E-state index in [0.29, 0.717) is 11.3 Å². The van der Waals surface area contributed by atoms with Gasteiger partial charge in [0.15, 0.2) is 0 Å². The molecule has 0 bridgehead atoms. The van der Waals surface area contributed by atoms with Crippen molar-refractivity contribution in [3.05, 3.63) is 29.3 Å². The van der Waals surface area contributed by atoms with Crippen molar-refractivity contribution in [3.8, 4) is 5.75 Å². The molecular formula is C14H18O. The molecule has 15 heavy (non-hydrogen) atoms. The normalized spacial score (nSPS) is 21.3. The van der Waals surface area contributed by atoms with E-state index in [1.165, 1.54) is 30.4 Å². The highest BCUT2D eigenvalue weighted by Crippen LogP contribution is 2.56. The molecule has 1 aliphatic carbocycles. The van der Waals surface area contributed by atoms with Gasteiger partial charge in [-0.05, 0) is 36.8 Å². The molecule has 0 saturated heterocycles. The summed E-state index contributed by atoms with van der Waals surface area (Å²) in [5, 5.41) is 0. The molecule has 1 saturated carbocycles. The Hall–Kier alpha value is -0.980. The van der Waals surface area contributed by atoms with E-state index >= 15 is 0 Å². The molecule has 0 aromatic heterocycles. The van der Waals surface area contributed by atoms with Crippen molar-refractivity contribution in [2.24, 2.45) is 0 Å². The fourth-order valence-corrected chi connectivity index (χ4v) is 2.62. The van der Waals surface area contributed by atoms with E-state index in [1.807, 2.05) is 0 Å². The topological polar surface area (TPSA) is 9.23 Å². The van der Waals surface area contributed by atoms with Gasteiger partial charge in [-0.15, -0.1) is 0 Å². The predicted octanol–water partition coefficient (Wildman–Crippen LogP) is 3.62. The van der Waals surface area contributed by atoms with Crippen LogP contribution in [0.2, 0.25) is 0 Å². The number of fused-ring (bicyclic) bond motifs is 2. The van der Waals surface area contributed by atoms with Crippen LogP contribution in [0.25, 0.3) is 0 Å². The maximum absolute atomic E-state index is 5.79. The molecule has 0 radical (unpaired) electrons. The predicted molar refractivity (Wildman–Crippen MR) is 61.6 cm³/mol. The van der Waals surface area contributed by atoms with Crippen LogP contribution < -0.4 is 4.74 Å². The largest absolute Gasteiger partial charge is 0.493 e. The Morgan fingerprint density at radius 1 is 1.20 bits per heavy atom. The number of ether oxygens (including phenoxy) is 1. The van der Waals surface area contributed by atoms with Crippen LogP contribution >= 0.6 is 0 Å².